The Labute approximate surface area is 196 Å². The van der Waals surface area contributed by atoms with E-state index in [9.17, 15) is 4.79 Å². The fourth-order valence-corrected chi connectivity index (χ4v) is 6.46. The van der Waals surface area contributed by atoms with E-state index >= 15 is 0 Å². The van der Waals surface area contributed by atoms with Gasteiger partial charge in [0, 0.05) is 12.0 Å². The third-order valence-electron chi connectivity index (χ3n) is 8.10. The minimum absolute atomic E-state index is 0.117. The van der Waals surface area contributed by atoms with Gasteiger partial charge in [0.1, 0.15) is 5.75 Å². The smallest absolute Gasteiger partial charge is 0.343 e. The molecule has 0 aliphatic heterocycles. The van der Waals surface area contributed by atoms with Crippen molar-refractivity contribution in [2.24, 2.45) is 17.3 Å². The molecule has 4 heteroatoms. The maximum absolute atomic E-state index is 12.5. The second kappa shape index (κ2) is 9.08. The predicted molar refractivity (Wildman–Crippen MR) is 128 cm³/mol. The third-order valence-corrected chi connectivity index (χ3v) is 8.10. The number of rotatable bonds is 6. The van der Waals surface area contributed by atoms with Crippen molar-refractivity contribution in [2.75, 3.05) is 6.61 Å². The minimum atomic E-state index is -0.305. The molecule has 0 radical (unpaired) electrons. The molecule has 0 saturated heterocycles. The number of benzene rings is 2. The molecule has 6 atom stereocenters. The van der Waals surface area contributed by atoms with Crippen LogP contribution in [0, 0.1) is 17.3 Å². The van der Waals surface area contributed by atoms with E-state index in [1.165, 1.54) is 17.5 Å². The molecule has 1 fully saturated rings. The summed E-state index contributed by atoms with van der Waals surface area (Å²) in [4.78, 5) is 12.5. The molecular weight excluding hydrogens is 412 g/mol. The second-order valence-electron chi connectivity index (χ2n) is 9.96. The summed E-state index contributed by atoms with van der Waals surface area (Å²) in [5.41, 5.74) is 3.48. The molecule has 33 heavy (non-hydrogen) atoms. The molecule has 3 aliphatic rings. The van der Waals surface area contributed by atoms with Crippen LogP contribution in [0.2, 0.25) is 0 Å². The molecule has 0 spiro atoms. The standard InChI is InChI=1S/C29H34O4/c1-4-31-19(2)32-27-15-14-26-25-12-10-21-18-22(33-28(30)20-8-6-5-7-9-20)11-13-23(21)24(25)16-17-29(26,27)3/h5-9,11,13-15,18-19,24-27H,4,10,12,16-17H2,1-3H3. The zero-order chi connectivity index (χ0) is 23.0. The Morgan fingerprint density at radius 3 is 2.73 bits per heavy atom. The Balaban J connectivity index is 1.31. The lowest BCUT2D eigenvalue weighted by Gasteiger charge is -2.50. The summed E-state index contributed by atoms with van der Waals surface area (Å²) < 4.78 is 17.6. The highest BCUT2D eigenvalue weighted by molar-refractivity contribution is 5.91. The van der Waals surface area contributed by atoms with Gasteiger partial charge in [0.25, 0.3) is 0 Å². The molecule has 0 heterocycles. The molecule has 4 nitrogen and oxygen atoms in total. The van der Waals surface area contributed by atoms with Gasteiger partial charge in [-0.1, -0.05) is 43.3 Å². The van der Waals surface area contributed by atoms with Crippen molar-refractivity contribution in [3.8, 4) is 5.75 Å². The summed E-state index contributed by atoms with van der Waals surface area (Å²) in [5.74, 6) is 2.04. The van der Waals surface area contributed by atoms with Gasteiger partial charge in [-0.3, -0.25) is 0 Å². The Morgan fingerprint density at radius 2 is 1.94 bits per heavy atom. The van der Waals surface area contributed by atoms with Crippen LogP contribution >= 0.6 is 0 Å². The number of carbonyl (C=O) groups is 1. The molecule has 0 bridgehead atoms. The van der Waals surface area contributed by atoms with Gasteiger partial charge in [0.2, 0.25) is 0 Å². The molecule has 2 aromatic carbocycles. The van der Waals surface area contributed by atoms with Crippen LogP contribution in [0.1, 0.15) is 67.4 Å². The summed E-state index contributed by atoms with van der Waals surface area (Å²) in [6.07, 6.45) is 9.12. The monoisotopic (exact) mass is 446 g/mol. The number of hydrogen-bond donors (Lipinski definition) is 0. The highest BCUT2D eigenvalue weighted by Crippen LogP contribution is 2.59. The lowest BCUT2D eigenvalue weighted by atomic mass is 9.55. The third kappa shape index (κ3) is 4.15. The second-order valence-corrected chi connectivity index (χ2v) is 9.96. The fraction of sp³-hybridized carbons (Fsp3) is 0.483. The molecule has 1 saturated carbocycles. The van der Waals surface area contributed by atoms with Crippen molar-refractivity contribution in [3.05, 3.63) is 77.4 Å². The fourth-order valence-electron chi connectivity index (χ4n) is 6.46. The SMILES string of the molecule is CCOC(C)OC1C=CC2C3CCc4cc(OC(=O)c5ccccc5)ccc4C3CCC12C. The van der Waals surface area contributed by atoms with Gasteiger partial charge in [-0.2, -0.15) is 0 Å². The number of carbonyl (C=O) groups excluding carboxylic acids is 1. The number of esters is 1. The summed E-state index contributed by atoms with van der Waals surface area (Å²) >= 11 is 0. The summed E-state index contributed by atoms with van der Waals surface area (Å²) in [6.45, 7) is 7.08. The van der Waals surface area contributed by atoms with Crippen molar-refractivity contribution < 1.29 is 19.0 Å². The number of aryl methyl sites for hydroxylation is 1. The Hall–Kier alpha value is -2.43. The van der Waals surface area contributed by atoms with Crippen molar-refractivity contribution in [3.63, 3.8) is 0 Å². The quantitative estimate of drug-likeness (QED) is 0.226. The van der Waals surface area contributed by atoms with Crippen LogP contribution in [0.4, 0.5) is 0 Å². The Morgan fingerprint density at radius 1 is 1.12 bits per heavy atom. The first kappa shape index (κ1) is 22.4. The van der Waals surface area contributed by atoms with E-state index in [1.54, 1.807) is 12.1 Å². The normalized spacial score (nSPS) is 30.8. The highest BCUT2D eigenvalue weighted by atomic mass is 16.7. The summed E-state index contributed by atoms with van der Waals surface area (Å²) in [5, 5.41) is 0. The number of hydrogen-bond acceptors (Lipinski definition) is 4. The van der Waals surface area contributed by atoms with Gasteiger partial charge in [0.05, 0.1) is 11.7 Å². The zero-order valence-corrected chi connectivity index (χ0v) is 19.8. The number of ether oxygens (including phenoxy) is 3. The van der Waals surface area contributed by atoms with Crippen molar-refractivity contribution in [2.45, 2.75) is 64.8 Å². The van der Waals surface area contributed by atoms with Gasteiger partial charge >= 0.3 is 5.97 Å². The van der Waals surface area contributed by atoms with E-state index in [0.29, 0.717) is 35.7 Å². The Bertz CT molecular complexity index is 1030. The van der Waals surface area contributed by atoms with Crippen LogP contribution in [0.15, 0.2) is 60.7 Å². The van der Waals surface area contributed by atoms with E-state index in [2.05, 4.69) is 31.2 Å². The van der Waals surface area contributed by atoms with Gasteiger partial charge in [-0.15, -0.1) is 0 Å². The predicted octanol–water partition coefficient (Wildman–Crippen LogP) is 6.31. The topological polar surface area (TPSA) is 44.8 Å². The molecule has 0 amide bonds. The number of fused-ring (bicyclic) bond motifs is 5. The first-order valence-electron chi connectivity index (χ1n) is 12.3. The van der Waals surface area contributed by atoms with E-state index in [4.69, 9.17) is 14.2 Å². The zero-order valence-electron chi connectivity index (χ0n) is 19.8. The first-order valence-corrected chi connectivity index (χ1v) is 12.3. The molecule has 0 N–H and O–H groups in total. The van der Waals surface area contributed by atoms with Gasteiger partial charge < -0.3 is 14.2 Å². The van der Waals surface area contributed by atoms with E-state index in [0.717, 1.165) is 19.3 Å². The van der Waals surface area contributed by atoms with Gasteiger partial charge in [-0.05, 0) is 92.7 Å². The van der Waals surface area contributed by atoms with Crippen LogP contribution in [0.3, 0.4) is 0 Å². The molecule has 6 unspecified atom stereocenters. The average molecular weight is 447 g/mol. The van der Waals surface area contributed by atoms with Crippen molar-refractivity contribution in [1.82, 2.24) is 0 Å². The molecule has 3 aliphatic carbocycles. The highest BCUT2D eigenvalue weighted by Gasteiger charge is 2.53. The van der Waals surface area contributed by atoms with E-state index in [-0.39, 0.29) is 23.8 Å². The molecule has 174 valence electrons. The largest absolute Gasteiger partial charge is 0.423 e. The molecule has 0 aromatic heterocycles. The van der Waals surface area contributed by atoms with Crippen LogP contribution in [-0.2, 0) is 15.9 Å². The molecule has 2 aromatic rings. The van der Waals surface area contributed by atoms with Crippen molar-refractivity contribution >= 4 is 5.97 Å². The summed E-state index contributed by atoms with van der Waals surface area (Å²) in [7, 11) is 0. The van der Waals surface area contributed by atoms with Crippen LogP contribution in [-0.4, -0.2) is 25.0 Å². The molecule has 5 rings (SSSR count). The number of allylic oxidation sites excluding steroid dienone is 1. The molecular formula is C29H34O4. The minimum Gasteiger partial charge on any atom is -0.423 e. The van der Waals surface area contributed by atoms with E-state index < -0.39 is 0 Å². The van der Waals surface area contributed by atoms with Crippen LogP contribution in [0.5, 0.6) is 5.75 Å². The summed E-state index contributed by atoms with van der Waals surface area (Å²) in [6, 6.07) is 15.4. The first-order chi connectivity index (χ1) is 16.0. The maximum atomic E-state index is 12.5. The van der Waals surface area contributed by atoms with Crippen molar-refractivity contribution in [1.29, 1.82) is 0 Å². The van der Waals surface area contributed by atoms with Crippen LogP contribution < -0.4 is 4.74 Å². The van der Waals surface area contributed by atoms with Gasteiger partial charge in [-0.25, -0.2) is 4.79 Å². The Kier molecular flexibility index (Phi) is 6.15. The van der Waals surface area contributed by atoms with Gasteiger partial charge in [0.15, 0.2) is 6.29 Å². The van der Waals surface area contributed by atoms with E-state index in [1.807, 2.05) is 38.1 Å². The lowest BCUT2D eigenvalue weighted by molar-refractivity contribution is -0.179. The lowest BCUT2D eigenvalue weighted by Crippen LogP contribution is -2.46. The van der Waals surface area contributed by atoms with Crippen LogP contribution in [0.25, 0.3) is 0 Å². The average Bonchev–Trinajstić information content (AvgIpc) is 3.15. The maximum Gasteiger partial charge on any atom is 0.343 e.